The van der Waals surface area contributed by atoms with E-state index in [4.69, 9.17) is 17.0 Å². The minimum Gasteiger partial charge on any atom is -0.497 e. The van der Waals surface area contributed by atoms with Crippen LogP contribution in [0.3, 0.4) is 0 Å². The van der Waals surface area contributed by atoms with Crippen molar-refractivity contribution in [3.63, 3.8) is 0 Å². The number of aromatic nitrogens is 2. The van der Waals surface area contributed by atoms with Gasteiger partial charge in [0.05, 0.1) is 18.9 Å². The van der Waals surface area contributed by atoms with Gasteiger partial charge < -0.3 is 15.3 Å². The van der Waals surface area contributed by atoms with E-state index in [0.717, 1.165) is 11.3 Å². The van der Waals surface area contributed by atoms with Crippen molar-refractivity contribution in [3.05, 3.63) is 50.5 Å². The lowest BCUT2D eigenvalue weighted by Crippen LogP contribution is -2.28. The van der Waals surface area contributed by atoms with Gasteiger partial charge in [0.1, 0.15) is 11.3 Å². The number of ether oxygens (including phenoxy) is 1. The van der Waals surface area contributed by atoms with Gasteiger partial charge in [-0.2, -0.15) is 5.10 Å². The molecule has 2 N–H and O–H groups in total. The average molecular weight is 346 g/mol. The molecular formula is C16H18N4O3S. The molecule has 1 aliphatic heterocycles. The zero-order chi connectivity index (χ0) is 17.4. The largest absolute Gasteiger partial charge is 0.497 e. The van der Waals surface area contributed by atoms with Gasteiger partial charge in [-0.1, -0.05) is 12.1 Å². The summed E-state index contributed by atoms with van der Waals surface area (Å²) < 4.78 is 8.13. The molecule has 1 aromatic heterocycles. The second-order valence-electron chi connectivity index (χ2n) is 5.62. The van der Waals surface area contributed by atoms with Gasteiger partial charge in [-0.15, -0.1) is 0 Å². The summed E-state index contributed by atoms with van der Waals surface area (Å²) in [4.78, 5) is 12.5. The summed E-state index contributed by atoms with van der Waals surface area (Å²) in [5.41, 5.74) is 4.38. The van der Waals surface area contributed by atoms with Gasteiger partial charge in [0, 0.05) is 20.5 Å². The van der Waals surface area contributed by atoms with Crippen molar-refractivity contribution < 1.29 is 9.84 Å². The normalized spacial score (nSPS) is 16.6. The highest BCUT2D eigenvalue weighted by Crippen LogP contribution is 2.27. The third kappa shape index (κ3) is 2.58. The number of hydrazone groups is 1. The molecule has 8 heteroatoms. The van der Waals surface area contributed by atoms with Crippen LogP contribution in [-0.2, 0) is 14.1 Å². The molecule has 1 aromatic carbocycles. The lowest BCUT2D eigenvalue weighted by Gasteiger charge is -2.12. The Morgan fingerprint density at radius 3 is 2.58 bits per heavy atom. The Hall–Kier alpha value is -2.61. The maximum absolute atomic E-state index is 12.5. The monoisotopic (exact) mass is 346 g/mol. The van der Waals surface area contributed by atoms with Crippen LogP contribution in [0.2, 0.25) is 0 Å². The van der Waals surface area contributed by atoms with E-state index in [1.807, 2.05) is 24.3 Å². The maximum atomic E-state index is 12.5. The molecule has 1 aliphatic rings. The molecule has 0 aliphatic carbocycles. The Kier molecular flexibility index (Phi) is 4.15. The van der Waals surface area contributed by atoms with Gasteiger partial charge in [0.15, 0.2) is 4.77 Å². The van der Waals surface area contributed by atoms with Gasteiger partial charge in [0.25, 0.3) is 5.56 Å². The smallest absolute Gasteiger partial charge is 0.267 e. The van der Waals surface area contributed by atoms with E-state index in [-0.39, 0.29) is 27.8 Å². The first-order chi connectivity index (χ1) is 11.4. The van der Waals surface area contributed by atoms with E-state index in [9.17, 15) is 9.90 Å². The minimum absolute atomic E-state index is 0.0662. The van der Waals surface area contributed by atoms with E-state index in [1.54, 1.807) is 21.2 Å². The van der Waals surface area contributed by atoms with Crippen LogP contribution in [0.25, 0.3) is 0 Å². The predicted octanol–water partition coefficient (Wildman–Crippen LogP) is 1.61. The fourth-order valence-corrected chi connectivity index (χ4v) is 2.88. The van der Waals surface area contributed by atoms with E-state index >= 15 is 0 Å². The van der Waals surface area contributed by atoms with Crippen LogP contribution in [-0.4, -0.2) is 27.1 Å². The zero-order valence-corrected chi connectivity index (χ0v) is 14.4. The van der Waals surface area contributed by atoms with Crippen LogP contribution in [0.1, 0.15) is 23.6 Å². The summed E-state index contributed by atoms with van der Waals surface area (Å²) in [6.07, 6.45) is 0.492. The van der Waals surface area contributed by atoms with E-state index < -0.39 is 0 Å². The van der Waals surface area contributed by atoms with Crippen LogP contribution in [0.15, 0.2) is 34.2 Å². The lowest BCUT2D eigenvalue weighted by molar-refractivity contribution is 0.414. The molecule has 0 unspecified atom stereocenters. The molecule has 0 bridgehead atoms. The summed E-state index contributed by atoms with van der Waals surface area (Å²) in [6.45, 7) is 0. The highest BCUT2D eigenvalue weighted by Gasteiger charge is 2.27. The summed E-state index contributed by atoms with van der Waals surface area (Å²) in [7, 11) is 4.81. The standard InChI is InChI=1S/C16H18N4O3S/c1-19-14(21)13(15(22)20(2)16(19)24)12-8-11(17-18-12)9-4-6-10(23-3)7-5-9/h4-7,11,17,21H,8H2,1-3H3/t11-/m1/s1. The first kappa shape index (κ1) is 16.3. The lowest BCUT2D eigenvalue weighted by atomic mass is 10.00. The Bertz CT molecular complexity index is 928. The Labute approximate surface area is 143 Å². The van der Waals surface area contributed by atoms with E-state index in [0.29, 0.717) is 12.1 Å². The van der Waals surface area contributed by atoms with Crippen LogP contribution >= 0.6 is 12.2 Å². The molecule has 0 fully saturated rings. The molecule has 0 radical (unpaired) electrons. The zero-order valence-electron chi connectivity index (χ0n) is 13.6. The number of benzene rings is 1. The average Bonchev–Trinajstić information content (AvgIpc) is 3.08. The molecule has 2 heterocycles. The number of aromatic hydroxyl groups is 1. The van der Waals surface area contributed by atoms with Gasteiger partial charge in [-0.05, 0) is 29.9 Å². The van der Waals surface area contributed by atoms with Crippen molar-refractivity contribution >= 4 is 17.9 Å². The molecule has 0 amide bonds. The molecule has 0 saturated heterocycles. The minimum atomic E-state index is -0.355. The second-order valence-corrected chi connectivity index (χ2v) is 5.99. The van der Waals surface area contributed by atoms with Crippen molar-refractivity contribution in [2.24, 2.45) is 19.2 Å². The molecule has 24 heavy (non-hydrogen) atoms. The predicted molar refractivity (Wildman–Crippen MR) is 93.2 cm³/mol. The van der Waals surface area contributed by atoms with Gasteiger partial charge in [-0.25, -0.2) is 0 Å². The number of methoxy groups -OCH3 is 1. The Balaban J connectivity index is 1.94. The number of hydrogen-bond donors (Lipinski definition) is 2. The van der Waals surface area contributed by atoms with E-state index in [1.165, 1.54) is 9.13 Å². The molecule has 2 aromatic rings. The fourth-order valence-electron chi connectivity index (χ4n) is 2.71. The van der Waals surface area contributed by atoms with Crippen LogP contribution in [0.4, 0.5) is 0 Å². The number of hydrogen-bond acceptors (Lipinski definition) is 6. The summed E-state index contributed by atoms with van der Waals surface area (Å²) in [6, 6.07) is 7.57. The van der Waals surface area contributed by atoms with Crippen molar-refractivity contribution in [3.8, 4) is 11.6 Å². The van der Waals surface area contributed by atoms with Crippen LogP contribution < -0.4 is 15.7 Å². The number of nitrogens with one attached hydrogen (secondary N) is 1. The summed E-state index contributed by atoms with van der Waals surface area (Å²) >= 11 is 5.13. The maximum Gasteiger partial charge on any atom is 0.267 e. The Morgan fingerprint density at radius 2 is 1.96 bits per heavy atom. The SMILES string of the molecule is COc1ccc([C@H]2CC(c3c(O)n(C)c(=S)n(C)c3=O)=NN2)cc1. The van der Waals surface area contributed by atoms with E-state index in [2.05, 4.69) is 10.5 Å². The molecule has 0 spiro atoms. The van der Waals surface area contributed by atoms with Gasteiger partial charge >= 0.3 is 0 Å². The summed E-state index contributed by atoms with van der Waals surface area (Å²) in [5.74, 6) is 0.608. The molecule has 126 valence electrons. The van der Waals surface area contributed by atoms with Crippen molar-refractivity contribution in [1.29, 1.82) is 0 Å². The third-order valence-electron chi connectivity index (χ3n) is 4.19. The topological polar surface area (TPSA) is 80.8 Å². The number of rotatable bonds is 3. The van der Waals surface area contributed by atoms with Crippen molar-refractivity contribution in [1.82, 2.24) is 14.6 Å². The highest BCUT2D eigenvalue weighted by atomic mass is 32.1. The van der Waals surface area contributed by atoms with Crippen LogP contribution in [0.5, 0.6) is 11.6 Å². The molecular weight excluding hydrogens is 328 g/mol. The molecule has 3 rings (SSSR count). The molecule has 0 saturated carbocycles. The van der Waals surface area contributed by atoms with Crippen molar-refractivity contribution in [2.75, 3.05) is 7.11 Å². The first-order valence-electron chi connectivity index (χ1n) is 7.39. The quantitative estimate of drug-likeness (QED) is 0.825. The third-order valence-corrected chi connectivity index (χ3v) is 4.74. The van der Waals surface area contributed by atoms with Crippen molar-refractivity contribution in [2.45, 2.75) is 12.5 Å². The number of nitrogens with zero attached hydrogens (tertiary/aromatic N) is 3. The fraction of sp³-hybridized carbons (Fsp3) is 0.312. The van der Waals surface area contributed by atoms with Gasteiger partial charge in [0.2, 0.25) is 5.88 Å². The van der Waals surface area contributed by atoms with Crippen LogP contribution in [0, 0.1) is 4.77 Å². The second kappa shape index (κ2) is 6.12. The summed E-state index contributed by atoms with van der Waals surface area (Å²) in [5, 5.41) is 14.6. The van der Waals surface area contributed by atoms with Gasteiger partial charge in [-0.3, -0.25) is 13.9 Å². The Morgan fingerprint density at radius 1 is 1.29 bits per heavy atom. The molecule has 7 nitrogen and oxygen atoms in total. The molecule has 1 atom stereocenters. The highest BCUT2D eigenvalue weighted by molar-refractivity contribution is 7.71. The first-order valence-corrected chi connectivity index (χ1v) is 7.80.